The van der Waals surface area contributed by atoms with E-state index in [-0.39, 0.29) is 30.3 Å². The Bertz CT molecular complexity index is 480. The highest BCUT2D eigenvalue weighted by Gasteiger charge is 2.14. The number of aliphatic hydroxyl groups excluding tert-OH is 1. The Morgan fingerprint density at radius 2 is 2.05 bits per heavy atom. The van der Waals surface area contributed by atoms with Gasteiger partial charge in [0.15, 0.2) is 11.6 Å². The number of hydrogen-bond donors (Lipinski definition) is 3. The first-order valence-electron chi connectivity index (χ1n) is 6.91. The summed E-state index contributed by atoms with van der Waals surface area (Å²) in [7, 11) is 1.39. The quantitative estimate of drug-likeness (QED) is 0.754. The third kappa shape index (κ3) is 5.23. The lowest BCUT2D eigenvalue weighted by Crippen LogP contribution is -2.41. The molecule has 0 saturated carbocycles. The van der Waals surface area contributed by atoms with Crippen LogP contribution in [-0.4, -0.2) is 30.9 Å². The Kier molecular flexibility index (Phi) is 6.42. The molecule has 1 aromatic carbocycles. The van der Waals surface area contributed by atoms with Gasteiger partial charge in [-0.05, 0) is 30.5 Å². The molecule has 2 unspecified atom stereocenters. The minimum atomic E-state index is -0.586. The van der Waals surface area contributed by atoms with E-state index in [2.05, 4.69) is 10.6 Å². The van der Waals surface area contributed by atoms with Crippen molar-refractivity contribution in [1.29, 1.82) is 0 Å². The number of benzene rings is 1. The van der Waals surface area contributed by atoms with E-state index in [1.165, 1.54) is 13.2 Å². The molecule has 0 aliphatic rings. The molecular formula is C15H23FN2O3. The van der Waals surface area contributed by atoms with E-state index in [0.29, 0.717) is 0 Å². The van der Waals surface area contributed by atoms with Crippen LogP contribution in [0, 0.1) is 11.7 Å². The number of aliphatic hydroxyl groups is 1. The molecule has 0 radical (unpaired) electrons. The number of nitrogens with one attached hydrogen (secondary N) is 2. The van der Waals surface area contributed by atoms with Crippen molar-refractivity contribution in [2.24, 2.45) is 5.92 Å². The highest BCUT2D eigenvalue weighted by atomic mass is 19.1. The van der Waals surface area contributed by atoms with Gasteiger partial charge >= 0.3 is 6.03 Å². The minimum absolute atomic E-state index is 0.0732. The van der Waals surface area contributed by atoms with Crippen LogP contribution in [0.5, 0.6) is 5.75 Å². The van der Waals surface area contributed by atoms with Crippen LogP contribution in [0.2, 0.25) is 0 Å². The van der Waals surface area contributed by atoms with Gasteiger partial charge in [-0.2, -0.15) is 0 Å². The number of halogens is 1. The van der Waals surface area contributed by atoms with Crippen molar-refractivity contribution in [3.05, 3.63) is 29.6 Å². The highest BCUT2D eigenvalue weighted by molar-refractivity contribution is 5.74. The smallest absolute Gasteiger partial charge is 0.315 e. The first-order valence-corrected chi connectivity index (χ1v) is 6.91. The summed E-state index contributed by atoms with van der Waals surface area (Å²) < 4.78 is 18.2. The van der Waals surface area contributed by atoms with Crippen LogP contribution in [0.4, 0.5) is 9.18 Å². The Morgan fingerprint density at radius 1 is 1.38 bits per heavy atom. The predicted molar refractivity (Wildman–Crippen MR) is 78.7 cm³/mol. The molecule has 5 nitrogen and oxygen atoms in total. The normalized spacial score (nSPS) is 13.7. The second kappa shape index (κ2) is 7.83. The standard InChI is InChI=1S/C15H23FN2O3/c1-9(2)13(19)8-17-15(20)18-10(3)11-5-6-12(16)14(7-11)21-4/h5-7,9-10,13,19H,8H2,1-4H3,(H2,17,18,20). The van der Waals surface area contributed by atoms with E-state index in [4.69, 9.17) is 4.74 Å². The van der Waals surface area contributed by atoms with Crippen molar-refractivity contribution < 1.29 is 19.0 Å². The lowest BCUT2D eigenvalue weighted by molar-refractivity contribution is 0.124. The molecule has 0 aliphatic heterocycles. The van der Waals surface area contributed by atoms with E-state index in [1.54, 1.807) is 19.1 Å². The fourth-order valence-corrected chi connectivity index (χ4v) is 1.71. The average molecular weight is 298 g/mol. The zero-order valence-corrected chi connectivity index (χ0v) is 12.8. The number of carbonyl (C=O) groups excluding carboxylic acids is 1. The number of ether oxygens (including phenoxy) is 1. The zero-order valence-electron chi connectivity index (χ0n) is 12.8. The molecular weight excluding hydrogens is 275 g/mol. The summed E-state index contributed by atoms with van der Waals surface area (Å²) in [5.41, 5.74) is 0.729. The number of carbonyl (C=O) groups is 1. The Morgan fingerprint density at radius 3 is 2.62 bits per heavy atom. The maximum Gasteiger partial charge on any atom is 0.315 e. The summed E-state index contributed by atoms with van der Waals surface area (Å²) in [6.07, 6.45) is -0.586. The molecule has 3 N–H and O–H groups in total. The van der Waals surface area contributed by atoms with Gasteiger partial charge in [-0.15, -0.1) is 0 Å². The van der Waals surface area contributed by atoms with Crippen molar-refractivity contribution in [2.75, 3.05) is 13.7 Å². The van der Waals surface area contributed by atoms with Crippen LogP contribution in [0.25, 0.3) is 0 Å². The summed E-state index contributed by atoms with van der Waals surface area (Å²) in [6.45, 7) is 5.71. The molecule has 21 heavy (non-hydrogen) atoms. The van der Waals surface area contributed by atoms with Gasteiger partial charge in [0.1, 0.15) is 0 Å². The molecule has 0 heterocycles. The molecule has 118 valence electrons. The third-order valence-corrected chi connectivity index (χ3v) is 3.26. The lowest BCUT2D eigenvalue weighted by atomic mass is 10.1. The molecule has 6 heteroatoms. The number of amides is 2. The van der Waals surface area contributed by atoms with Gasteiger partial charge < -0.3 is 20.5 Å². The molecule has 1 aromatic rings. The first-order chi connectivity index (χ1) is 9.85. The molecule has 2 atom stereocenters. The second-order valence-corrected chi connectivity index (χ2v) is 5.28. The van der Waals surface area contributed by atoms with Crippen LogP contribution in [0.15, 0.2) is 18.2 Å². The maximum absolute atomic E-state index is 13.3. The van der Waals surface area contributed by atoms with E-state index in [1.807, 2.05) is 13.8 Å². The van der Waals surface area contributed by atoms with Crippen LogP contribution in [0.1, 0.15) is 32.4 Å². The predicted octanol–water partition coefficient (Wildman–Crippen LogP) is 2.21. The van der Waals surface area contributed by atoms with Crippen molar-refractivity contribution >= 4 is 6.03 Å². The monoisotopic (exact) mass is 298 g/mol. The second-order valence-electron chi connectivity index (χ2n) is 5.28. The topological polar surface area (TPSA) is 70.6 Å². The van der Waals surface area contributed by atoms with Gasteiger partial charge in [0.05, 0.1) is 19.3 Å². The number of hydrogen-bond acceptors (Lipinski definition) is 3. The molecule has 1 rings (SSSR count). The van der Waals surface area contributed by atoms with Gasteiger partial charge in [0.2, 0.25) is 0 Å². The molecule has 0 saturated heterocycles. The van der Waals surface area contributed by atoms with Gasteiger partial charge in [-0.25, -0.2) is 9.18 Å². The molecule has 2 amide bonds. The molecule has 0 bridgehead atoms. The molecule has 0 aromatic heterocycles. The van der Waals surface area contributed by atoms with E-state index in [9.17, 15) is 14.3 Å². The summed E-state index contributed by atoms with van der Waals surface area (Å²) in [5.74, 6) is -0.237. The van der Waals surface area contributed by atoms with E-state index in [0.717, 1.165) is 5.56 Å². The Hall–Kier alpha value is -1.82. The van der Waals surface area contributed by atoms with Crippen molar-refractivity contribution in [3.63, 3.8) is 0 Å². The first kappa shape index (κ1) is 17.2. The number of urea groups is 1. The molecule has 0 aliphatic carbocycles. The summed E-state index contributed by atoms with van der Waals surface area (Å²) in [4.78, 5) is 11.7. The van der Waals surface area contributed by atoms with Crippen LogP contribution in [0.3, 0.4) is 0 Å². The highest BCUT2D eigenvalue weighted by Crippen LogP contribution is 2.22. The molecule has 0 fully saturated rings. The van der Waals surface area contributed by atoms with Crippen LogP contribution < -0.4 is 15.4 Å². The fraction of sp³-hybridized carbons (Fsp3) is 0.533. The van der Waals surface area contributed by atoms with Crippen molar-refractivity contribution in [3.8, 4) is 5.75 Å². The van der Waals surface area contributed by atoms with Crippen molar-refractivity contribution in [1.82, 2.24) is 10.6 Å². The summed E-state index contributed by atoms with van der Waals surface area (Å²) in [6, 6.07) is 3.74. The molecule has 0 spiro atoms. The maximum atomic E-state index is 13.3. The van der Waals surface area contributed by atoms with Gasteiger partial charge in [0.25, 0.3) is 0 Å². The SMILES string of the molecule is COc1cc(C(C)NC(=O)NCC(O)C(C)C)ccc1F. The van der Waals surface area contributed by atoms with Gasteiger partial charge in [0, 0.05) is 6.54 Å². The van der Waals surface area contributed by atoms with Crippen LogP contribution in [-0.2, 0) is 0 Å². The lowest BCUT2D eigenvalue weighted by Gasteiger charge is -2.18. The summed E-state index contributed by atoms with van der Waals surface area (Å²) in [5, 5.41) is 14.9. The summed E-state index contributed by atoms with van der Waals surface area (Å²) >= 11 is 0. The van der Waals surface area contributed by atoms with Crippen LogP contribution >= 0.6 is 0 Å². The van der Waals surface area contributed by atoms with Gasteiger partial charge in [-0.3, -0.25) is 0 Å². The third-order valence-electron chi connectivity index (χ3n) is 3.26. The largest absolute Gasteiger partial charge is 0.494 e. The van der Waals surface area contributed by atoms with E-state index >= 15 is 0 Å². The van der Waals surface area contributed by atoms with Gasteiger partial charge in [-0.1, -0.05) is 19.9 Å². The van der Waals surface area contributed by atoms with E-state index < -0.39 is 11.9 Å². The zero-order chi connectivity index (χ0) is 16.0. The Labute approximate surface area is 124 Å². The number of rotatable bonds is 6. The van der Waals surface area contributed by atoms with Crippen molar-refractivity contribution in [2.45, 2.75) is 32.9 Å². The fourth-order valence-electron chi connectivity index (χ4n) is 1.71. The minimum Gasteiger partial charge on any atom is -0.494 e. The Balaban J connectivity index is 2.56. The average Bonchev–Trinajstić information content (AvgIpc) is 2.44. The number of methoxy groups -OCH3 is 1.